The molecule has 0 unspecified atom stereocenters. The first kappa shape index (κ1) is 19.2. The van der Waals surface area contributed by atoms with E-state index >= 15 is 0 Å². The number of carbonyl (C=O) groups excluding carboxylic acids is 3. The largest absolute Gasteiger partial charge is 0.445 e. The number of nitrogens with two attached hydrogens (primary N) is 2. The number of hydrogen-bond donors (Lipinski definition) is 3. The van der Waals surface area contributed by atoms with Crippen LogP contribution in [0.5, 0.6) is 0 Å². The monoisotopic (exact) mass is 361 g/mol. The van der Waals surface area contributed by atoms with Crippen molar-refractivity contribution in [1.82, 2.24) is 10.2 Å². The zero-order valence-electron chi connectivity index (χ0n) is 14.4. The molecule has 26 heavy (non-hydrogen) atoms. The van der Waals surface area contributed by atoms with Gasteiger partial charge in [-0.1, -0.05) is 30.3 Å². The van der Waals surface area contributed by atoms with Gasteiger partial charge in [-0.3, -0.25) is 9.59 Å². The van der Waals surface area contributed by atoms with E-state index in [4.69, 9.17) is 16.3 Å². The van der Waals surface area contributed by atoms with Crippen LogP contribution in [0.4, 0.5) is 4.79 Å². The minimum atomic E-state index is -0.789. The molecule has 5 N–H and O–H groups in total. The summed E-state index contributed by atoms with van der Waals surface area (Å²) in [5, 5.41) is 5.82. The second-order valence-electron chi connectivity index (χ2n) is 5.98. The Balaban J connectivity index is 1.82. The first-order valence-electron chi connectivity index (χ1n) is 8.31. The molecule has 9 nitrogen and oxygen atoms in total. The first-order chi connectivity index (χ1) is 12.5. The third kappa shape index (κ3) is 5.47. The average Bonchev–Trinajstić information content (AvgIpc) is 2.67. The summed E-state index contributed by atoms with van der Waals surface area (Å²) in [7, 11) is 0. The van der Waals surface area contributed by atoms with Gasteiger partial charge in [0.1, 0.15) is 12.3 Å². The van der Waals surface area contributed by atoms with Gasteiger partial charge < -0.3 is 26.5 Å². The fourth-order valence-electron chi connectivity index (χ4n) is 2.68. The number of piperidine rings is 1. The van der Waals surface area contributed by atoms with Crippen molar-refractivity contribution in [2.75, 3.05) is 19.6 Å². The Hall–Kier alpha value is -3.10. The van der Waals surface area contributed by atoms with Crippen LogP contribution in [-0.4, -0.2) is 48.2 Å². The first-order valence-corrected chi connectivity index (χ1v) is 8.31. The number of primary amides is 1. The number of likely N-dealkylation sites (tertiary alicyclic amines) is 1. The highest BCUT2D eigenvalue weighted by Crippen LogP contribution is 2.18. The maximum atomic E-state index is 12.3. The van der Waals surface area contributed by atoms with E-state index < -0.39 is 12.0 Å². The van der Waals surface area contributed by atoms with Crippen LogP contribution in [0.15, 0.2) is 35.4 Å². The fraction of sp³-hybridized carbons (Fsp3) is 0.412. The number of nitrogens with one attached hydrogen (secondary N) is 1. The van der Waals surface area contributed by atoms with Crippen molar-refractivity contribution >= 4 is 23.6 Å². The van der Waals surface area contributed by atoms with Gasteiger partial charge >= 0.3 is 6.09 Å². The second-order valence-corrected chi connectivity index (χ2v) is 5.98. The summed E-state index contributed by atoms with van der Waals surface area (Å²) in [6.07, 6.45) is 0.874. The second kappa shape index (κ2) is 9.40. The van der Waals surface area contributed by atoms with E-state index in [9.17, 15) is 14.4 Å². The lowest BCUT2D eigenvalue weighted by atomic mass is 9.97. The van der Waals surface area contributed by atoms with Crippen LogP contribution in [0.1, 0.15) is 18.4 Å². The van der Waals surface area contributed by atoms with Crippen LogP contribution < -0.4 is 16.9 Å². The molecule has 1 aromatic rings. The van der Waals surface area contributed by atoms with Gasteiger partial charge in [-0.2, -0.15) is 5.10 Å². The highest BCUT2D eigenvalue weighted by atomic mass is 16.6. The van der Waals surface area contributed by atoms with Crippen LogP contribution in [0.25, 0.3) is 0 Å². The van der Waals surface area contributed by atoms with Crippen LogP contribution in [-0.2, 0) is 20.9 Å². The molecule has 1 fully saturated rings. The van der Waals surface area contributed by atoms with Gasteiger partial charge in [0.2, 0.25) is 5.91 Å². The van der Waals surface area contributed by atoms with Crippen LogP contribution in [0.3, 0.4) is 0 Å². The lowest BCUT2D eigenvalue weighted by Crippen LogP contribution is -2.47. The van der Waals surface area contributed by atoms with Gasteiger partial charge in [0, 0.05) is 13.1 Å². The van der Waals surface area contributed by atoms with Gasteiger partial charge in [0.05, 0.1) is 12.5 Å². The number of carbonyl (C=O) groups is 3. The Morgan fingerprint density at radius 3 is 2.65 bits per heavy atom. The van der Waals surface area contributed by atoms with Gasteiger partial charge in [-0.05, 0) is 18.4 Å². The maximum Gasteiger partial charge on any atom is 0.410 e. The predicted octanol–water partition coefficient (Wildman–Crippen LogP) is -0.0486. The zero-order chi connectivity index (χ0) is 18.9. The summed E-state index contributed by atoms with van der Waals surface area (Å²) < 4.78 is 5.30. The van der Waals surface area contributed by atoms with Crippen LogP contribution in [0, 0.1) is 5.92 Å². The minimum Gasteiger partial charge on any atom is -0.445 e. The molecule has 0 aliphatic carbocycles. The molecular formula is C17H23N5O4. The summed E-state index contributed by atoms with van der Waals surface area (Å²) >= 11 is 0. The molecule has 0 radical (unpaired) electrons. The van der Waals surface area contributed by atoms with E-state index in [1.165, 1.54) is 4.90 Å². The van der Waals surface area contributed by atoms with Gasteiger partial charge in [0.25, 0.3) is 5.91 Å². The number of nitrogens with zero attached hydrogens (tertiary/aromatic N) is 2. The number of rotatable bonds is 6. The molecule has 1 aliphatic heterocycles. The molecule has 3 amide bonds. The normalized spacial score (nSPS) is 17.5. The Labute approximate surface area is 151 Å². The quantitative estimate of drug-likeness (QED) is 0.370. The molecule has 1 aromatic carbocycles. The number of benzene rings is 1. The molecule has 9 heteroatoms. The SMILES string of the molecule is N/N=C(/CNC(=O)[C@@H]1CCCN(C(=O)OCc2ccccc2)C1)C(N)=O. The van der Waals surface area contributed by atoms with E-state index in [0.29, 0.717) is 19.4 Å². The average molecular weight is 361 g/mol. The summed E-state index contributed by atoms with van der Waals surface area (Å²) in [6, 6.07) is 9.37. The van der Waals surface area contributed by atoms with E-state index in [1.807, 2.05) is 30.3 Å². The van der Waals surface area contributed by atoms with Crippen molar-refractivity contribution in [3.8, 4) is 0 Å². The van der Waals surface area contributed by atoms with Crippen molar-refractivity contribution in [3.05, 3.63) is 35.9 Å². The highest BCUT2D eigenvalue weighted by Gasteiger charge is 2.29. The number of amides is 3. The van der Waals surface area contributed by atoms with Gasteiger partial charge in [-0.15, -0.1) is 0 Å². The van der Waals surface area contributed by atoms with Crippen molar-refractivity contribution in [2.45, 2.75) is 19.4 Å². The summed E-state index contributed by atoms with van der Waals surface area (Å²) in [5.41, 5.74) is 5.86. The lowest BCUT2D eigenvalue weighted by molar-refractivity contribution is -0.126. The van der Waals surface area contributed by atoms with E-state index in [1.54, 1.807) is 0 Å². The zero-order valence-corrected chi connectivity index (χ0v) is 14.4. The summed E-state index contributed by atoms with van der Waals surface area (Å²) in [4.78, 5) is 37.0. The number of hydrogen-bond acceptors (Lipinski definition) is 6. The molecule has 0 bridgehead atoms. The van der Waals surface area contributed by atoms with Crippen LogP contribution >= 0.6 is 0 Å². The Morgan fingerprint density at radius 2 is 2.00 bits per heavy atom. The van der Waals surface area contributed by atoms with Gasteiger partial charge in [-0.25, -0.2) is 4.79 Å². The molecule has 0 spiro atoms. The molecule has 2 rings (SSSR count). The van der Waals surface area contributed by atoms with E-state index in [2.05, 4.69) is 10.4 Å². The summed E-state index contributed by atoms with van der Waals surface area (Å²) in [5.74, 6) is 3.59. The smallest absolute Gasteiger partial charge is 0.410 e. The van der Waals surface area contributed by atoms with Crippen molar-refractivity contribution in [3.63, 3.8) is 0 Å². The molecule has 1 aliphatic rings. The number of ether oxygens (including phenoxy) is 1. The summed E-state index contributed by atoms with van der Waals surface area (Å²) in [6.45, 7) is 0.834. The predicted molar refractivity (Wildman–Crippen MR) is 94.8 cm³/mol. The number of hydrazone groups is 1. The van der Waals surface area contributed by atoms with Crippen molar-refractivity contribution < 1.29 is 19.1 Å². The molecule has 1 atom stereocenters. The molecule has 1 heterocycles. The minimum absolute atomic E-state index is 0.117. The van der Waals surface area contributed by atoms with Gasteiger partial charge in [0.15, 0.2) is 0 Å². The molecule has 0 saturated carbocycles. The van der Waals surface area contributed by atoms with E-state index in [0.717, 1.165) is 5.56 Å². The topological polar surface area (TPSA) is 140 Å². The molecule has 140 valence electrons. The highest BCUT2D eigenvalue weighted by molar-refractivity contribution is 6.39. The Morgan fingerprint density at radius 1 is 1.27 bits per heavy atom. The van der Waals surface area contributed by atoms with Crippen molar-refractivity contribution in [2.24, 2.45) is 22.6 Å². The molecule has 1 saturated heterocycles. The molecule has 0 aromatic heterocycles. The third-order valence-corrected chi connectivity index (χ3v) is 4.13. The molecular weight excluding hydrogens is 338 g/mol. The Kier molecular flexibility index (Phi) is 6.95. The lowest BCUT2D eigenvalue weighted by Gasteiger charge is -2.31. The fourth-order valence-corrected chi connectivity index (χ4v) is 2.68. The Bertz CT molecular complexity index is 677. The maximum absolute atomic E-state index is 12.3. The van der Waals surface area contributed by atoms with E-state index in [-0.39, 0.29) is 37.2 Å². The third-order valence-electron chi connectivity index (χ3n) is 4.13. The van der Waals surface area contributed by atoms with Crippen molar-refractivity contribution in [1.29, 1.82) is 0 Å². The standard InChI is InChI=1S/C17H23N5O4/c18-15(23)14(21-19)9-20-16(24)13-7-4-8-22(10-13)17(25)26-11-12-5-2-1-3-6-12/h1-3,5-6,13H,4,7-11,19H2,(H2,18,23)(H,20,24)/b21-14-/t13-/m1/s1. The van der Waals surface area contributed by atoms with Crippen LogP contribution in [0.2, 0.25) is 0 Å².